The molecule has 1 N–H and O–H groups in total. The summed E-state index contributed by atoms with van der Waals surface area (Å²) in [5.41, 5.74) is 1.83. The fourth-order valence-electron chi connectivity index (χ4n) is 2.20. The Bertz CT molecular complexity index is 878. The topological polar surface area (TPSA) is 98.0 Å². The van der Waals surface area contributed by atoms with Gasteiger partial charge in [-0.2, -0.15) is 0 Å². The van der Waals surface area contributed by atoms with Crippen LogP contribution in [0.15, 0.2) is 54.6 Å². The number of hydrogen-bond acceptors (Lipinski definition) is 6. The quantitative estimate of drug-likeness (QED) is 0.538. The van der Waals surface area contributed by atoms with E-state index >= 15 is 0 Å². The van der Waals surface area contributed by atoms with E-state index < -0.39 is 4.92 Å². The van der Waals surface area contributed by atoms with Gasteiger partial charge in [0.15, 0.2) is 0 Å². The molecule has 0 saturated heterocycles. The number of carbonyl (C=O) groups excluding carboxylic acids is 1. The van der Waals surface area contributed by atoms with Crippen LogP contribution in [-0.4, -0.2) is 21.0 Å². The fraction of sp³-hybridized carbons (Fsp3) is 0.118. The summed E-state index contributed by atoms with van der Waals surface area (Å²) < 4.78 is 0. The van der Waals surface area contributed by atoms with Gasteiger partial charge in [0.1, 0.15) is 5.01 Å². The van der Waals surface area contributed by atoms with E-state index in [9.17, 15) is 14.9 Å². The lowest BCUT2D eigenvalue weighted by Gasteiger charge is -2.01. The van der Waals surface area contributed by atoms with E-state index in [1.165, 1.54) is 23.5 Å². The molecule has 0 unspecified atom stereocenters. The Morgan fingerprint density at radius 2 is 1.80 bits per heavy atom. The summed E-state index contributed by atoms with van der Waals surface area (Å²) >= 11 is 1.23. The number of benzene rings is 2. The lowest BCUT2D eigenvalue weighted by Crippen LogP contribution is -2.12. The van der Waals surface area contributed by atoms with Gasteiger partial charge in [0.05, 0.1) is 4.92 Å². The van der Waals surface area contributed by atoms with Crippen LogP contribution in [0.25, 0.3) is 10.6 Å². The number of amides is 1. The zero-order chi connectivity index (χ0) is 17.6. The summed E-state index contributed by atoms with van der Waals surface area (Å²) in [6.45, 7) is 0. The number of aryl methyl sites for hydroxylation is 1. The SMILES string of the molecule is O=C(CCc1ccccc1)Nc1nnc(-c2ccc([N+](=O)[O-])cc2)s1. The zero-order valence-corrected chi connectivity index (χ0v) is 13.9. The Labute approximate surface area is 147 Å². The smallest absolute Gasteiger partial charge is 0.269 e. The first-order valence-corrected chi connectivity index (χ1v) is 8.35. The molecule has 0 saturated carbocycles. The van der Waals surface area contributed by atoms with E-state index in [1.807, 2.05) is 30.3 Å². The van der Waals surface area contributed by atoms with Gasteiger partial charge in [-0.1, -0.05) is 41.7 Å². The molecule has 126 valence electrons. The summed E-state index contributed by atoms with van der Waals surface area (Å²) in [7, 11) is 0. The first kappa shape index (κ1) is 16.7. The van der Waals surface area contributed by atoms with Gasteiger partial charge in [-0.25, -0.2) is 0 Å². The molecule has 7 nitrogen and oxygen atoms in total. The zero-order valence-electron chi connectivity index (χ0n) is 13.1. The van der Waals surface area contributed by atoms with Gasteiger partial charge in [-0.05, 0) is 24.1 Å². The summed E-state index contributed by atoms with van der Waals surface area (Å²) in [4.78, 5) is 22.2. The van der Waals surface area contributed by atoms with Gasteiger partial charge in [0.2, 0.25) is 11.0 Å². The number of nitro benzene ring substituents is 1. The van der Waals surface area contributed by atoms with E-state index in [4.69, 9.17) is 0 Å². The monoisotopic (exact) mass is 354 g/mol. The molecule has 0 aliphatic rings. The molecule has 0 aliphatic heterocycles. The van der Waals surface area contributed by atoms with Crippen molar-refractivity contribution in [1.82, 2.24) is 10.2 Å². The molecule has 1 heterocycles. The minimum absolute atomic E-state index is 0.0164. The van der Waals surface area contributed by atoms with E-state index in [0.717, 1.165) is 5.56 Å². The van der Waals surface area contributed by atoms with E-state index in [-0.39, 0.29) is 11.6 Å². The highest BCUT2D eigenvalue weighted by atomic mass is 32.1. The van der Waals surface area contributed by atoms with Gasteiger partial charge < -0.3 is 5.32 Å². The largest absolute Gasteiger partial charge is 0.301 e. The van der Waals surface area contributed by atoms with Crippen LogP contribution in [0.3, 0.4) is 0 Å². The Morgan fingerprint density at radius 1 is 1.08 bits per heavy atom. The fourth-order valence-corrected chi connectivity index (χ4v) is 2.97. The molecule has 1 amide bonds. The highest BCUT2D eigenvalue weighted by Gasteiger charge is 2.11. The van der Waals surface area contributed by atoms with E-state index in [0.29, 0.717) is 28.5 Å². The third-order valence-corrected chi connectivity index (χ3v) is 4.37. The second-order valence-corrected chi connectivity index (χ2v) is 6.23. The number of carbonyl (C=O) groups is 1. The van der Waals surface area contributed by atoms with Crippen LogP contribution < -0.4 is 5.32 Å². The Kier molecular flexibility index (Phi) is 5.10. The highest BCUT2D eigenvalue weighted by Crippen LogP contribution is 2.27. The van der Waals surface area contributed by atoms with Crippen LogP contribution in [0.4, 0.5) is 10.8 Å². The maximum absolute atomic E-state index is 12.0. The second-order valence-electron chi connectivity index (χ2n) is 5.25. The molecule has 8 heteroatoms. The lowest BCUT2D eigenvalue weighted by molar-refractivity contribution is -0.384. The molecule has 3 rings (SSSR count). The average molecular weight is 354 g/mol. The van der Waals surface area contributed by atoms with Gasteiger partial charge in [-0.3, -0.25) is 14.9 Å². The molecule has 0 aliphatic carbocycles. The predicted octanol–water partition coefficient (Wildman–Crippen LogP) is 3.68. The first-order chi connectivity index (χ1) is 12.1. The van der Waals surface area contributed by atoms with Crippen LogP contribution in [0.5, 0.6) is 0 Å². The molecular weight excluding hydrogens is 340 g/mol. The van der Waals surface area contributed by atoms with Gasteiger partial charge in [0.25, 0.3) is 5.69 Å². The van der Waals surface area contributed by atoms with Gasteiger partial charge in [0, 0.05) is 24.1 Å². The average Bonchev–Trinajstić information content (AvgIpc) is 3.09. The molecule has 0 atom stereocenters. The second kappa shape index (κ2) is 7.63. The molecule has 1 aromatic heterocycles. The standard InChI is InChI=1S/C17H14N4O3S/c22-15(11-6-12-4-2-1-3-5-12)18-17-20-19-16(25-17)13-7-9-14(10-8-13)21(23)24/h1-5,7-10H,6,11H2,(H,18,20,22). The molecule has 0 spiro atoms. The molecule has 0 bridgehead atoms. The normalized spacial score (nSPS) is 10.4. The highest BCUT2D eigenvalue weighted by molar-refractivity contribution is 7.18. The summed E-state index contributed by atoms with van der Waals surface area (Å²) in [6, 6.07) is 15.8. The number of rotatable bonds is 6. The van der Waals surface area contributed by atoms with Gasteiger partial charge in [-0.15, -0.1) is 10.2 Å². The number of aromatic nitrogens is 2. The Hall–Kier alpha value is -3.13. The van der Waals surface area contributed by atoms with Crippen molar-refractivity contribution in [3.05, 3.63) is 70.3 Å². The number of nitrogens with one attached hydrogen (secondary N) is 1. The number of nitro groups is 1. The van der Waals surface area contributed by atoms with Crippen molar-refractivity contribution < 1.29 is 9.72 Å². The van der Waals surface area contributed by atoms with Crippen LogP contribution >= 0.6 is 11.3 Å². The maximum atomic E-state index is 12.0. The van der Waals surface area contributed by atoms with Crippen molar-refractivity contribution in [3.63, 3.8) is 0 Å². The third kappa shape index (κ3) is 4.45. The first-order valence-electron chi connectivity index (χ1n) is 7.54. The van der Waals surface area contributed by atoms with Crippen molar-refractivity contribution in [2.45, 2.75) is 12.8 Å². The summed E-state index contributed by atoms with van der Waals surface area (Å²) in [5.74, 6) is -0.129. The van der Waals surface area contributed by atoms with Gasteiger partial charge >= 0.3 is 0 Å². The maximum Gasteiger partial charge on any atom is 0.269 e. The Morgan fingerprint density at radius 3 is 2.48 bits per heavy atom. The number of hydrogen-bond donors (Lipinski definition) is 1. The minimum atomic E-state index is -0.456. The third-order valence-electron chi connectivity index (χ3n) is 3.48. The van der Waals surface area contributed by atoms with Crippen molar-refractivity contribution in [2.75, 3.05) is 5.32 Å². The van der Waals surface area contributed by atoms with E-state index in [2.05, 4.69) is 15.5 Å². The number of non-ortho nitro benzene ring substituents is 1. The predicted molar refractivity (Wildman–Crippen MR) is 95.4 cm³/mol. The molecule has 25 heavy (non-hydrogen) atoms. The number of nitrogens with zero attached hydrogens (tertiary/aromatic N) is 3. The molecule has 0 radical (unpaired) electrons. The molecule has 0 fully saturated rings. The molecule has 3 aromatic rings. The van der Waals surface area contributed by atoms with Crippen LogP contribution in [0.1, 0.15) is 12.0 Å². The van der Waals surface area contributed by atoms with Crippen molar-refractivity contribution in [1.29, 1.82) is 0 Å². The lowest BCUT2D eigenvalue weighted by atomic mass is 10.1. The van der Waals surface area contributed by atoms with Crippen molar-refractivity contribution >= 4 is 28.1 Å². The molecular formula is C17H14N4O3S. The Balaban J connectivity index is 1.59. The molecule has 2 aromatic carbocycles. The van der Waals surface area contributed by atoms with Crippen LogP contribution in [-0.2, 0) is 11.2 Å². The van der Waals surface area contributed by atoms with Crippen LogP contribution in [0.2, 0.25) is 0 Å². The number of anilines is 1. The summed E-state index contributed by atoms with van der Waals surface area (Å²) in [6.07, 6.45) is 1.01. The minimum Gasteiger partial charge on any atom is -0.301 e. The van der Waals surface area contributed by atoms with Crippen molar-refractivity contribution in [3.8, 4) is 10.6 Å². The van der Waals surface area contributed by atoms with Crippen LogP contribution in [0, 0.1) is 10.1 Å². The summed E-state index contributed by atoms with van der Waals surface area (Å²) in [5, 5.41) is 22.4. The van der Waals surface area contributed by atoms with Crippen molar-refractivity contribution in [2.24, 2.45) is 0 Å². The van der Waals surface area contributed by atoms with E-state index in [1.54, 1.807) is 12.1 Å².